The van der Waals surface area contributed by atoms with Gasteiger partial charge in [0, 0.05) is 24.7 Å². The SMILES string of the molecule is CC(=O)OCC(=O)[C@H]1CC[C@H]2[C@@H]3CCC4=CC(=O)CC[C@]4(C)[C@H]3[C@@H]3C[C@]12[C@H](O)O3. The molecule has 5 aliphatic rings. The monoisotopic (exact) mass is 402 g/mol. The van der Waals surface area contributed by atoms with E-state index < -0.39 is 17.7 Å². The molecule has 29 heavy (non-hydrogen) atoms. The summed E-state index contributed by atoms with van der Waals surface area (Å²) in [7, 11) is 0. The van der Waals surface area contributed by atoms with Gasteiger partial charge in [0.1, 0.15) is 6.61 Å². The molecule has 6 heteroatoms. The lowest BCUT2D eigenvalue weighted by atomic mass is 9.46. The van der Waals surface area contributed by atoms with E-state index in [1.807, 2.05) is 6.08 Å². The number of ether oxygens (including phenoxy) is 2. The number of aliphatic hydroxyl groups excluding tert-OH is 1. The lowest BCUT2D eigenvalue weighted by molar-refractivity contribution is -0.163. The Morgan fingerprint density at radius 1 is 1.28 bits per heavy atom. The molecule has 1 spiro atoms. The van der Waals surface area contributed by atoms with Crippen LogP contribution in [0.5, 0.6) is 0 Å². The maximum Gasteiger partial charge on any atom is 0.303 e. The van der Waals surface area contributed by atoms with Crippen LogP contribution in [0.1, 0.15) is 58.8 Å². The smallest absolute Gasteiger partial charge is 0.303 e. The van der Waals surface area contributed by atoms with Crippen molar-refractivity contribution in [2.75, 3.05) is 6.61 Å². The maximum atomic E-state index is 12.9. The van der Waals surface area contributed by atoms with Crippen LogP contribution in [0.2, 0.25) is 0 Å². The van der Waals surface area contributed by atoms with E-state index in [1.165, 1.54) is 12.5 Å². The van der Waals surface area contributed by atoms with Crippen molar-refractivity contribution in [3.05, 3.63) is 11.6 Å². The summed E-state index contributed by atoms with van der Waals surface area (Å²) in [5.74, 6) is 0.289. The van der Waals surface area contributed by atoms with Crippen LogP contribution in [-0.2, 0) is 23.9 Å². The highest BCUT2D eigenvalue weighted by Crippen LogP contribution is 2.71. The minimum Gasteiger partial charge on any atom is -0.458 e. The molecule has 1 N–H and O–H groups in total. The molecule has 0 radical (unpaired) electrons. The van der Waals surface area contributed by atoms with Crippen molar-refractivity contribution in [2.24, 2.45) is 34.5 Å². The fourth-order valence-corrected chi connectivity index (χ4v) is 7.96. The zero-order valence-electron chi connectivity index (χ0n) is 17.2. The highest BCUT2D eigenvalue weighted by atomic mass is 16.6. The molecular weight excluding hydrogens is 372 g/mol. The van der Waals surface area contributed by atoms with E-state index in [0.29, 0.717) is 18.8 Å². The molecule has 0 unspecified atom stereocenters. The van der Waals surface area contributed by atoms with Crippen molar-refractivity contribution >= 4 is 17.5 Å². The Hall–Kier alpha value is -1.53. The molecule has 4 aliphatic carbocycles. The van der Waals surface area contributed by atoms with Gasteiger partial charge in [0.05, 0.1) is 6.10 Å². The summed E-state index contributed by atoms with van der Waals surface area (Å²) < 4.78 is 11.2. The molecule has 2 bridgehead atoms. The highest BCUT2D eigenvalue weighted by molar-refractivity contribution is 5.91. The van der Waals surface area contributed by atoms with E-state index in [0.717, 1.165) is 32.1 Å². The third-order valence-corrected chi connectivity index (χ3v) is 9.05. The highest BCUT2D eigenvalue weighted by Gasteiger charge is 2.71. The number of carbonyl (C=O) groups excluding carboxylic acids is 3. The molecule has 5 rings (SSSR count). The van der Waals surface area contributed by atoms with Crippen molar-refractivity contribution in [2.45, 2.75) is 71.2 Å². The minimum absolute atomic E-state index is 0.0580. The number of aliphatic hydroxyl groups is 1. The van der Waals surface area contributed by atoms with Gasteiger partial charge >= 0.3 is 5.97 Å². The predicted octanol–water partition coefficient (Wildman–Crippen LogP) is 2.57. The molecule has 1 aliphatic heterocycles. The van der Waals surface area contributed by atoms with Crippen LogP contribution in [0.3, 0.4) is 0 Å². The second-order valence-electron chi connectivity index (χ2n) is 10.1. The normalized spacial score (nSPS) is 47.7. The first-order valence-electron chi connectivity index (χ1n) is 11.0. The van der Waals surface area contributed by atoms with E-state index >= 15 is 0 Å². The van der Waals surface area contributed by atoms with Crippen molar-refractivity contribution in [3.8, 4) is 0 Å². The standard InChI is InChI=1S/C23H30O6/c1-12(24)28-11-18(26)17-6-5-16-15-4-3-13-9-14(25)7-8-22(13,2)20(15)19-10-23(16,17)21(27)29-19/h9,15-17,19-21,27H,3-8,10-11H2,1-2H3/t15-,16-,17+,19-,20+,21+,22-,23+/m0/s1. The molecular formula is C23H30O6. The summed E-state index contributed by atoms with van der Waals surface area (Å²) in [4.78, 5) is 36.1. The molecule has 0 aromatic carbocycles. The Morgan fingerprint density at radius 3 is 2.83 bits per heavy atom. The first-order valence-corrected chi connectivity index (χ1v) is 11.0. The second-order valence-corrected chi connectivity index (χ2v) is 10.1. The van der Waals surface area contributed by atoms with E-state index in [2.05, 4.69) is 6.92 Å². The van der Waals surface area contributed by atoms with Crippen molar-refractivity contribution in [1.29, 1.82) is 0 Å². The van der Waals surface area contributed by atoms with Crippen molar-refractivity contribution in [3.63, 3.8) is 0 Å². The van der Waals surface area contributed by atoms with Crippen molar-refractivity contribution < 1.29 is 29.0 Å². The lowest BCUT2D eigenvalue weighted by Gasteiger charge is -2.57. The number of allylic oxidation sites excluding steroid dienone is 1. The number of esters is 1. The van der Waals surface area contributed by atoms with Gasteiger partial charge in [-0.15, -0.1) is 0 Å². The van der Waals surface area contributed by atoms with Gasteiger partial charge in [-0.2, -0.15) is 0 Å². The Balaban J connectivity index is 1.48. The predicted molar refractivity (Wildman–Crippen MR) is 102 cm³/mol. The average molecular weight is 402 g/mol. The lowest BCUT2D eigenvalue weighted by Crippen LogP contribution is -2.55. The largest absolute Gasteiger partial charge is 0.458 e. The number of carbonyl (C=O) groups is 3. The van der Waals surface area contributed by atoms with Crippen molar-refractivity contribution in [1.82, 2.24) is 0 Å². The first-order chi connectivity index (χ1) is 13.8. The van der Waals surface area contributed by atoms with Crippen LogP contribution < -0.4 is 0 Å². The topological polar surface area (TPSA) is 89.9 Å². The Morgan fingerprint density at radius 2 is 2.07 bits per heavy atom. The van der Waals surface area contributed by atoms with Crippen LogP contribution in [0.15, 0.2) is 11.6 Å². The van der Waals surface area contributed by atoms with Crippen LogP contribution in [0, 0.1) is 34.5 Å². The van der Waals surface area contributed by atoms with Gasteiger partial charge in [-0.25, -0.2) is 0 Å². The summed E-state index contributed by atoms with van der Waals surface area (Å²) >= 11 is 0. The number of fused-ring (bicyclic) bond motifs is 6. The Labute approximate surface area is 171 Å². The average Bonchev–Trinajstić information content (AvgIpc) is 3.19. The van der Waals surface area contributed by atoms with Gasteiger partial charge in [-0.1, -0.05) is 12.5 Å². The van der Waals surface area contributed by atoms with Crippen LogP contribution >= 0.6 is 0 Å². The zero-order chi connectivity index (χ0) is 20.6. The van der Waals surface area contributed by atoms with Gasteiger partial charge in [-0.3, -0.25) is 14.4 Å². The number of hydrogen-bond donors (Lipinski definition) is 1. The van der Waals surface area contributed by atoms with E-state index in [9.17, 15) is 19.5 Å². The van der Waals surface area contributed by atoms with E-state index in [1.54, 1.807) is 0 Å². The zero-order valence-corrected chi connectivity index (χ0v) is 17.2. The first kappa shape index (κ1) is 19.4. The molecule has 1 saturated heterocycles. The van der Waals surface area contributed by atoms with Crippen LogP contribution in [0.4, 0.5) is 0 Å². The molecule has 1 heterocycles. The summed E-state index contributed by atoms with van der Waals surface area (Å²) in [6, 6.07) is 0. The molecule has 0 aromatic rings. The number of ketones is 2. The van der Waals surface area contributed by atoms with Gasteiger partial charge in [0.15, 0.2) is 17.9 Å². The molecule has 6 nitrogen and oxygen atoms in total. The minimum atomic E-state index is -0.946. The van der Waals surface area contributed by atoms with Crippen LogP contribution in [0.25, 0.3) is 0 Å². The van der Waals surface area contributed by atoms with E-state index in [4.69, 9.17) is 9.47 Å². The Bertz CT molecular complexity index is 801. The molecule has 8 atom stereocenters. The quantitative estimate of drug-likeness (QED) is 0.730. The van der Waals surface area contributed by atoms with Gasteiger partial charge in [0.25, 0.3) is 0 Å². The van der Waals surface area contributed by atoms with Gasteiger partial charge in [-0.05, 0) is 67.8 Å². The number of Topliss-reactive ketones (excluding diaryl/α,β-unsaturated/α-hetero) is 1. The molecule has 0 amide bonds. The third kappa shape index (κ3) is 2.57. The van der Waals surface area contributed by atoms with Gasteiger partial charge < -0.3 is 14.6 Å². The van der Waals surface area contributed by atoms with Crippen LogP contribution in [-0.4, -0.2) is 41.6 Å². The molecule has 3 saturated carbocycles. The fourth-order valence-electron chi connectivity index (χ4n) is 7.96. The summed E-state index contributed by atoms with van der Waals surface area (Å²) in [5, 5.41) is 11.1. The fraction of sp³-hybridized carbons (Fsp3) is 0.783. The molecule has 158 valence electrons. The summed E-state index contributed by atoms with van der Waals surface area (Å²) in [6.07, 6.45) is 6.49. The summed E-state index contributed by atoms with van der Waals surface area (Å²) in [5.41, 5.74) is 0.649. The van der Waals surface area contributed by atoms with Gasteiger partial charge in [0.2, 0.25) is 0 Å². The Kier molecular flexibility index (Phi) is 4.34. The number of hydrogen-bond acceptors (Lipinski definition) is 6. The third-order valence-electron chi connectivity index (χ3n) is 9.05. The second kappa shape index (κ2) is 6.48. The van der Waals surface area contributed by atoms with E-state index in [-0.39, 0.29) is 47.4 Å². The summed E-state index contributed by atoms with van der Waals surface area (Å²) in [6.45, 7) is 3.37. The maximum absolute atomic E-state index is 12.9. The molecule has 0 aromatic heterocycles. The molecule has 4 fully saturated rings. The number of rotatable bonds is 3.